The molecule has 2 aromatic rings. The molecule has 20 heavy (non-hydrogen) atoms. The van der Waals surface area contributed by atoms with Crippen molar-refractivity contribution in [3.8, 4) is 0 Å². The molecule has 0 atom stereocenters. The first kappa shape index (κ1) is 15.3. The molecule has 0 radical (unpaired) electrons. The molecule has 0 saturated carbocycles. The Bertz CT molecular complexity index is 613. The van der Waals surface area contributed by atoms with Crippen molar-refractivity contribution >= 4 is 33.2 Å². The van der Waals surface area contributed by atoms with Crippen LogP contribution in [0.25, 0.3) is 0 Å². The molecule has 0 fully saturated rings. The number of halogens is 3. The van der Waals surface area contributed by atoms with E-state index in [4.69, 9.17) is 11.6 Å². The van der Waals surface area contributed by atoms with Crippen LogP contribution in [0.3, 0.4) is 0 Å². The highest BCUT2D eigenvalue weighted by Crippen LogP contribution is 2.26. The van der Waals surface area contributed by atoms with Crippen molar-refractivity contribution in [1.29, 1.82) is 0 Å². The fourth-order valence-corrected chi connectivity index (χ4v) is 2.82. The molecule has 1 heterocycles. The van der Waals surface area contributed by atoms with Gasteiger partial charge in [0.05, 0.1) is 23.0 Å². The number of nitrogens with zero attached hydrogens (tertiary/aromatic N) is 2. The zero-order valence-corrected chi connectivity index (χ0v) is 13.7. The lowest BCUT2D eigenvalue weighted by molar-refractivity contribution is 0.618. The summed E-state index contributed by atoms with van der Waals surface area (Å²) in [6.07, 6.45) is 0.805. The summed E-state index contributed by atoms with van der Waals surface area (Å²) in [6.45, 7) is 5.37. The second kappa shape index (κ2) is 6.59. The molecule has 0 spiro atoms. The van der Waals surface area contributed by atoms with Crippen LogP contribution in [0.1, 0.15) is 25.2 Å². The first-order valence-electron chi connectivity index (χ1n) is 6.49. The van der Waals surface area contributed by atoms with E-state index < -0.39 is 0 Å². The van der Waals surface area contributed by atoms with Gasteiger partial charge in [-0.15, -0.1) is 0 Å². The first-order chi connectivity index (χ1) is 9.56. The molecule has 2 rings (SSSR count). The Balaban J connectivity index is 2.20. The number of hydrogen-bond donors (Lipinski definition) is 1. The number of benzene rings is 1. The van der Waals surface area contributed by atoms with Gasteiger partial charge in [-0.1, -0.05) is 18.5 Å². The van der Waals surface area contributed by atoms with E-state index in [0.717, 1.165) is 30.0 Å². The van der Waals surface area contributed by atoms with E-state index in [1.54, 1.807) is 6.07 Å². The van der Waals surface area contributed by atoms with Crippen molar-refractivity contribution in [3.63, 3.8) is 0 Å². The summed E-state index contributed by atoms with van der Waals surface area (Å²) in [5.74, 6) is -0.271. The fraction of sp³-hybridized carbons (Fsp3) is 0.357. The van der Waals surface area contributed by atoms with E-state index in [1.165, 1.54) is 12.1 Å². The minimum Gasteiger partial charge on any atom is -0.378 e. The molecular weight excluding hydrogens is 345 g/mol. The quantitative estimate of drug-likeness (QED) is 0.842. The SMILES string of the molecule is CCc1nn(CC)c(CNc2ccc(F)cc2Br)c1Cl. The Morgan fingerprint density at radius 2 is 2.15 bits per heavy atom. The van der Waals surface area contributed by atoms with Crippen LogP contribution in [-0.2, 0) is 19.5 Å². The van der Waals surface area contributed by atoms with Crippen LogP contribution in [0.15, 0.2) is 22.7 Å². The molecule has 1 N–H and O–H groups in total. The topological polar surface area (TPSA) is 29.9 Å². The van der Waals surface area contributed by atoms with Gasteiger partial charge in [0, 0.05) is 16.7 Å². The molecule has 0 unspecified atom stereocenters. The highest BCUT2D eigenvalue weighted by atomic mass is 79.9. The zero-order valence-electron chi connectivity index (χ0n) is 11.4. The van der Waals surface area contributed by atoms with Crippen LogP contribution in [0.5, 0.6) is 0 Å². The fourth-order valence-electron chi connectivity index (χ4n) is 2.00. The van der Waals surface area contributed by atoms with Gasteiger partial charge in [-0.05, 0) is 47.5 Å². The number of anilines is 1. The van der Waals surface area contributed by atoms with Crippen molar-refractivity contribution in [2.24, 2.45) is 0 Å². The van der Waals surface area contributed by atoms with Crippen LogP contribution in [0, 0.1) is 5.82 Å². The molecule has 108 valence electrons. The Morgan fingerprint density at radius 1 is 1.40 bits per heavy atom. The average molecular weight is 361 g/mol. The molecule has 0 aliphatic rings. The zero-order chi connectivity index (χ0) is 14.7. The Labute approximate surface area is 131 Å². The van der Waals surface area contributed by atoms with Crippen molar-refractivity contribution in [1.82, 2.24) is 9.78 Å². The minimum atomic E-state index is -0.271. The second-order valence-corrected chi connectivity index (χ2v) is 5.59. The van der Waals surface area contributed by atoms with Gasteiger partial charge in [-0.25, -0.2) is 4.39 Å². The summed E-state index contributed by atoms with van der Waals surface area (Å²) < 4.78 is 15.6. The maximum absolute atomic E-state index is 13.0. The van der Waals surface area contributed by atoms with Gasteiger partial charge in [-0.2, -0.15) is 5.10 Å². The van der Waals surface area contributed by atoms with E-state index in [0.29, 0.717) is 16.0 Å². The third-order valence-corrected chi connectivity index (χ3v) is 4.16. The van der Waals surface area contributed by atoms with Gasteiger partial charge in [0.2, 0.25) is 0 Å². The molecule has 0 bridgehead atoms. The third-order valence-electron chi connectivity index (χ3n) is 3.07. The summed E-state index contributed by atoms with van der Waals surface area (Å²) in [7, 11) is 0. The number of nitrogens with one attached hydrogen (secondary N) is 1. The molecule has 3 nitrogen and oxygen atoms in total. The van der Waals surface area contributed by atoms with E-state index in [2.05, 4.69) is 26.3 Å². The Kier molecular flexibility index (Phi) is 5.05. The largest absolute Gasteiger partial charge is 0.378 e. The molecular formula is C14H16BrClFN3. The number of hydrogen-bond acceptors (Lipinski definition) is 2. The van der Waals surface area contributed by atoms with Crippen molar-refractivity contribution in [2.75, 3.05) is 5.32 Å². The van der Waals surface area contributed by atoms with Gasteiger partial charge in [0.15, 0.2) is 0 Å². The number of aromatic nitrogens is 2. The molecule has 0 amide bonds. The predicted octanol–water partition coefficient (Wildman–Crippen LogP) is 4.63. The molecule has 1 aromatic heterocycles. The number of rotatable bonds is 5. The van der Waals surface area contributed by atoms with Crippen molar-refractivity contribution in [2.45, 2.75) is 33.4 Å². The van der Waals surface area contributed by atoms with E-state index in [1.807, 2.05) is 18.5 Å². The predicted molar refractivity (Wildman–Crippen MR) is 83.7 cm³/mol. The van der Waals surface area contributed by atoms with Crippen LogP contribution < -0.4 is 5.32 Å². The van der Waals surface area contributed by atoms with Crippen LogP contribution in [0.2, 0.25) is 5.02 Å². The van der Waals surface area contributed by atoms with E-state index in [9.17, 15) is 4.39 Å². The molecule has 6 heteroatoms. The van der Waals surface area contributed by atoms with E-state index >= 15 is 0 Å². The summed E-state index contributed by atoms with van der Waals surface area (Å²) in [5.41, 5.74) is 2.68. The van der Waals surface area contributed by atoms with Crippen molar-refractivity contribution in [3.05, 3.63) is 44.9 Å². The highest BCUT2D eigenvalue weighted by molar-refractivity contribution is 9.10. The highest BCUT2D eigenvalue weighted by Gasteiger charge is 2.14. The second-order valence-electron chi connectivity index (χ2n) is 4.35. The maximum Gasteiger partial charge on any atom is 0.124 e. The summed E-state index contributed by atoms with van der Waals surface area (Å²) in [6, 6.07) is 4.54. The van der Waals surface area contributed by atoms with Gasteiger partial charge < -0.3 is 5.32 Å². The normalized spacial score (nSPS) is 10.8. The molecule has 1 aromatic carbocycles. The maximum atomic E-state index is 13.0. The lowest BCUT2D eigenvalue weighted by Crippen LogP contribution is -2.08. The summed E-state index contributed by atoms with van der Waals surface area (Å²) in [5, 5.41) is 8.43. The minimum absolute atomic E-state index is 0.271. The van der Waals surface area contributed by atoms with Crippen LogP contribution in [-0.4, -0.2) is 9.78 Å². The van der Waals surface area contributed by atoms with Gasteiger partial charge in [0.25, 0.3) is 0 Å². The van der Waals surface area contributed by atoms with Crippen molar-refractivity contribution < 1.29 is 4.39 Å². The standard InChI is InChI=1S/C14H16BrClFN3/c1-3-11-14(16)13(20(4-2)19-11)8-18-12-6-5-9(17)7-10(12)15/h5-7,18H,3-4,8H2,1-2H3. The van der Waals surface area contributed by atoms with Gasteiger partial charge in [0.1, 0.15) is 5.82 Å². The average Bonchev–Trinajstić information content (AvgIpc) is 2.74. The molecule has 0 aliphatic carbocycles. The Morgan fingerprint density at radius 3 is 2.75 bits per heavy atom. The lowest BCUT2D eigenvalue weighted by atomic mass is 10.2. The molecule has 0 saturated heterocycles. The monoisotopic (exact) mass is 359 g/mol. The summed E-state index contributed by atoms with van der Waals surface area (Å²) in [4.78, 5) is 0. The summed E-state index contributed by atoms with van der Waals surface area (Å²) >= 11 is 9.68. The molecule has 0 aliphatic heterocycles. The van der Waals surface area contributed by atoms with Crippen LogP contribution in [0.4, 0.5) is 10.1 Å². The van der Waals surface area contributed by atoms with E-state index in [-0.39, 0.29) is 5.82 Å². The first-order valence-corrected chi connectivity index (χ1v) is 7.66. The van der Waals surface area contributed by atoms with Crippen LogP contribution >= 0.6 is 27.5 Å². The Hall–Kier alpha value is -1.07. The smallest absolute Gasteiger partial charge is 0.124 e. The van der Waals surface area contributed by atoms with Gasteiger partial charge >= 0.3 is 0 Å². The third kappa shape index (κ3) is 3.15. The lowest BCUT2D eigenvalue weighted by Gasteiger charge is -2.10. The number of aryl methyl sites for hydroxylation is 2. The van der Waals surface area contributed by atoms with Gasteiger partial charge in [-0.3, -0.25) is 4.68 Å².